The van der Waals surface area contributed by atoms with Crippen molar-refractivity contribution < 1.29 is 9.53 Å². The van der Waals surface area contributed by atoms with Crippen LogP contribution in [0.4, 0.5) is 5.95 Å². The van der Waals surface area contributed by atoms with Gasteiger partial charge in [-0.25, -0.2) is 9.97 Å². The second-order valence-electron chi connectivity index (χ2n) is 8.70. The Labute approximate surface area is 205 Å². The van der Waals surface area contributed by atoms with Crippen LogP contribution in [0.25, 0.3) is 11.1 Å². The molecular formula is C29H28N4O2. The molecule has 6 heteroatoms. The second kappa shape index (κ2) is 9.97. The van der Waals surface area contributed by atoms with Crippen molar-refractivity contribution in [3.63, 3.8) is 0 Å². The van der Waals surface area contributed by atoms with Crippen molar-refractivity contribution in [2.75, 3.05) is 19.4 Å². The fraction of sp³-hybridized carbons (Fsp3) is 0.207. The third-order valence-electron chi connectivity index (χ3n) is 6.58. The first-order chi connectivity index (χ1) is 17.2. The number of rotatable bonds is 6. The molecule has 0 spiro atoms. The molecule has 1 unspecified atom stereocenters. The summed E-state index contributed by atoms with van der Waals surface area (Å²) in [6.07, 6.45) is 3.46. The molecule has 1 fully saturated rings. The van der Waals surface area contributed by atoms with E-state index >= 15 is 0 Å². The number of nitrogen functional groups attached to an aromatic ring is 1. The van der Waals surface area contributed by atoms with E-state index in [4.69, 9.17) is 10.5 Å². The number of hydrogen-bond acceptors (Lipinski definition) is 5. The molecule has 1 atom stereocenters. The van der Waals surface area contributed by atoms with Crippen molar-refractivity contribution in [3.05, 3.63) is 108 Å². The Kier molecular flexibility index (Phi) is 6.44. The Morgan fingerprint density at radius 1 is 1.00 bits per heavy atom. The van der Waals surface area contributed by atoms with Crippen molar-refractivity contribution >= 4 is 11.9 Å². The lowest BCUT2D eigenvalue weighted by Crippen LogP contribution is -2.36. The second-order valence-corrected chi connectivity index (χ2v) is 8.70. The molecule has 6 nitrogen and oxygen atoms in total. The van der Waals surface area contributed by atoms with Gasteiger partial charge in [0, 0.05) is 18.3 Å². The van der Waals surface area contributed by atoms with E-state index in [1.807, 2.05) is 89.8 Å². The summed E-state index contributed by atoms with van der Waals surface area (Å²) in [5, 5.41) is 0. The summed E-state index contributed by atoms with van der Waals surface area (Å²) in [7, 11) is 1.64. The van der Waals surface area contributed by atoms with Gasteiger partial charge < -0.3 is 15.4 Å². The minimum Gasteiger partial charge on any atom is -0.497 e. The first-order valence-electron chi connectivity index (χ1n) is 11.8. The van der Waals surface area contributed by atoms with E-state index < -0.39 is 5.92 Å². The highest BCUT2D eigenvalue weighted by Gasteiger charge is 2.37. The van der Waals surface area contributed by atoms with Gasteiger partial charge in [0.1, 0.15) is 5.75 Å². The van der Waals surface area contributed by atoms with Crippen molar-refractivity contribution in [1.29, 1.82) is 0 Å². The highest BCUT2D eigenvalue weighted by molar-refractivity contribution is 5.88. The van der Waals surface area contributed by atoms with E-state index in [-0.39, 0.29) is 17.9 Å². The van der Waals surface area contributed by atoms with Gasteiger partial charge in [-0.15, -0.1) is 0 Å². The zero-order valence-corrected chi connectivity index (χ0v) is 19.7. The van der Waals surface area contributed by atoms with Gasteiger partial charge in [0.05, 0.1) is 24.8 Å². The minimum atomic E-state index is -0.391. The summed E-state index contributed by atoms with van der Waals surface area (Å²) in [6.45, 7) is 0.668. The predicted octanol–water partition coefficient (Wildman–Crippen LogP) is 5.23. The van der Waals surface area contributed by atoms with Crippen molar-refractivity contribution in [1.82, 2.24) is 14.9 Å². The molecule has 2 heterocycles. The summed E-state index contributed by atoms with van der Waals surface area (Å²) in [4.78, 5) is 25.1. The van der Waals surface area contributed by atoms with Crippen LogP contribution in [0.15, 0.2) is 91.1 Å². The number of hydrogen-bond donors (Lipinski definition) is 1. The number of carbonyl (C=O) groups excluding carboxylic acids is 1. The fourth-order valence-electron chi connectivity index (χ4n) is 4.93. The molecular weight excluding hydrogens is 436 g/mol. The molecule has 2 N–H and O–H groups in total. The van der Waals surface area contributed by atoms with Crippen molar-refractivity contribution in [3.8, 4) is 16.9 Å². The molecule has 4 aromatic rings. The van der Waals surface area contributed by atoms with Crippen LogP contribution >= 0.6 is 0 Å². The van der Waals surface area contributed by atoms with E-state index in [0.717, 1.165) is 46.5 Å². The van der Waals surface area contributed by atoms with Crippen molar-refractivity contribution in [2.45, 2.75) is 24.8 Å². The average molecular weight is 465 g/mol. The zero-order chi connectivity index (χ0) is 24.2. The van der Waals surface area contributed by atoms with E-state index in [0.29, 0.717) is 6.54 Å². The normalized spacial score (nSPS) is 15.4. The maximum absolute atomic E-state index is 14.2. The molecule has 176 valence electrons. The quantitative estimate of drug-likeness (QED) is 0.423. The Morgan fingerprint density at radius 3 is 2.34 bits per heavy atom. The summed E-state index contributed by atoms with van der Waals surface area (Å²) in [5.74, 6) is 0.627. The lowest BCUT2D eigenvalue weighted by Gasteiger charge is -2.30. The minimum absolute atomic E-state index is 0.0682. The Balaban J connectivity index is 1.56. The molecule has 1 saturated heterocycles. The van der Waals surface area contributed by atoms with Gasteiger partial charge in [0.25, 0.3) is 0 Å². The Morgan fingerprint density at radius 2 is 1.69 bits per heavy atom. The number of amides is 1. The van der Waals surface area contributed by atoms with Gasteiger partial charge in [0.15, 0.2) is 0 Å². The number of carbonyl (C=O) groups is 1. The zero-order valence-electron chi connectivity index (χ0n) is 19.7. The van der Waals surface area contributed by atoms with Gasteiger partial charge in [-0.05, 0) is 41.7 Å². The number of ether oxygens (including phenoxy) is 1. The number of likely N-dealkylation sites (tertiary alicyclic amines) is 1. The summed E-state index contributed by atoms with van der Waals surface area (Å²) < 4.78 is 5.42. The molecule has 0 saturated carbocycles. The maximum atomic E-state index is 14.2. The molecule has 35 heavy (non-hydrogen) atoms. The number of anilines is 1. The standard InChI is InChI=1S/C29H28N4O2/c1-35-23-15-8-14-22(18-23)24-19-31-29(30)32-27(24)25-16-9-17-33(25)28(34)26(20-10-4-2-5-11-20)21-12-6-3-7-13-21/h2-8,10-15,18-19,25-26H,9,16-17H2,1H3,(H2,30,31,32). The third-order valence-corrected chi connectivity index (χ3v) is 6.58. The SMILES string of the molecule is COc1cccc(-c2cnc(N)nc2C2CCCN2C(=O)C(c2ccccc2)c2ccccc2)c1. The Hall–Kier alpha value is -4.19. The number of nitrogens with zero attached hydrogens (tertiary/aromatic N) is 3. The van der Waals surface area contributed by atoms with Crippen LogP contribution in [0.1, 0.15) is 41.6 Å². The van der Waals surface area contributed by atoms with Crippen LogP contribution < -0.4 is 10.5 Å². The van der Waals surface area contributed by atoms with Crippen LogP contribution in [-0.4, -0.2) is 34.4 Å². The molecule has 0 radical (unpaired) electrons. The van der Waals surface area contributed by atoms with Crippen LogP contribution in [0, 0.1) is 0 Å². The highest BCUT2D eigenvalue weighted by atomic mass is 16.5. The maximum Gasteiger partial charge on any atom is 0.235 e. The van der Waals surface area contributed by atoms with Gasteiger partial charge in [-0.2, -0.15) is 0 Å². The molecule has 0 aliphatic carbocycles. The van der Waals surface area contributed by atoms with Gasteiger partial charge in [-0.3, -0.25) is 4.79 Å². The first kappa shape index (κ1) is 22.6. The van der Waals surface area contributed by atoms with E-state index in [1.165, 1.54) is 0 Å². The highest BCUT2D eigenvalue weighted by Crippen LogP contribution is 2.40. The topological polar surface area (TPSA) is 81.3 Å². The first-order valence-corrected chi connectivity index (χ1v) is 11.8. The molecule has 1 aliphatic heterocycles. The number of aromatic nitrogens is 2. The van der Waals surface area contributed by atoms with Crippen molar-refractivity contribution in [2.24, 2.45) is 0 Å². The van der Waals surface area contributed by atoms with Crippen LogP contribution in [0.5, 0.6) is 5.75 Å². The van der Waals surface area contributed by atoms with Gasteiger partial charge >= 0.3 is 0 Å². The summed E-state index contributed by atoms with van der Waals surface area (Å²) >= 11 is 0. The number of nitrogens with two attached hydrogens (primary N) is 1. The van der Waals surface area contributed by atoms with E-state index in [2.05, 4.69) is 9.97 Å². The molecule has 0 bridgehead atoms. The number of benzene rings is 3. The van der Waals surface area contributed by atoms with Gasteiger partial charge in [0.2, 0.25) is 11.9 Å². The third kappa shape index (κ3) is 4.60. The average Bonchev–Trinajstić information content (AvgIpc) is 3.40. The van der Waals surface area contributed by atoms with Gasteiger partial charge in [-0.1, -0.05) is 72.8 Å². The monoisotopic (exact) mass is 464 g/mol. The van der Waals surface area contributed by atoms with E-state index in [9.17, 15) is 4.79 Å². The summed E-state index contributed by atoms with van der Waals surface area (Å²) in [5.41, 5.74) is 10.6. The van der Waals surface area contributed by atoms with Crippen LogP contribution in [-0.2, 0) is 4.79 Å². The number of methoxy groups -OCH3 is 1. The summed E-state index contributed by atoms with van der Waals surface area (Å²) in [6, 6.07) is 27.5. The Bertz CT molecular complexity index is 1270. The molecule has 5 rings (SSSR count). The predicted molar refractivity (Wildman–Crippen MR) is 137 cm³/mol. The fourth-order valence-corrected chi connectivity index (χ4v) is 4.93. The molecule has 1 aliphatic rings. The largest absolute Gasteiger partial charge is 0.497 e. The molecule has 1 amide bonds. The lowest BCUT2D eigenvalue weighted by molar-refractivity contribution is -0.132. The molecule has 1 aromatic heterocycles. The van der Waals surface area contributed by atoms with E-state index in [1.54, 1.807) is 13.3 Å². The lowest BCUT2D eigenvalue weighted by atomic mass is 9.89. The smallest absolute Gasteiger partial charge is 0.235 e. The van der Waals surface area contributed by atoms with Crippen LogP contribution in [0.2, 0.25) is 0 Å². The molecule has 3 aromatic carbocycles. The van der Waals surface area contributed by atoms with Crippen LogP contribution in [0.3, 0.4) is 0 Å².